The molecule has 0 bridgehead atoms. The van der Waals surface area contributed by atoms with Crippen molar-refractivity contribution in [1.82, 2.24) is 5.32 Å². The fourth-order valence-corrected chi connectivity index (χ4v) is 1.66. The zero-order valence-corrected chi connectivity index (χ0v) is 10.00. The third kappa shape index (κ3) is 4.40. The van der Waals surface area contributed by atoms with Gasteiger partial charge in [-0.25, -0.2) is 0 Å². The van der Waals surface area contributed by atoms with E-state index in [1.165, 1.54) is 12.1 Å². The second-order valence-electron chi connectivity index (χ2n) is 4.07. The van der Waals surface area contributed by atoms with Crippen molar-refractivity contribution in [3.05, 3.63) is 35.9 Å². The fourth-order valence-electron chi connectivity index (χ4n) is 1.66. The van der Waals surface area contributed by atoms with Crippen LogP contribution in [0.5, 0.6) is 0 Å². The number of alkyl halides is 2. The molecule has 1 rings (SSSR count). The van der Waals surface area contributed by atoms with Gasteiger partial charge in [0.2, 0.25) is 0 Å². The summed E-state index contributed by atoms with van der Waals surface area (Å²) in [7, 11) is 0. The Morgan fingerprint density at radius 3 is 2.47 bits per heavy atom. The number of nitrogens with one attached hydrogen (secondary N) is 1. The van der Waals surface area contributed by atoms with Crippen LogP contribution in [0.25, 0.3) is 0 Å². The van der Waals surface area contributed by atoms with Crippen LogP contribution < -0.4 is 5.32 Å². The van der Waals surface area contributed by atoms with Gasteiger partial charge in [-0.15, -0.1) is 0 Å². The Kier molecular flexibility index (Phi) is 5.51. The molecule has 0 fully saturated rings. The lowest BCUT2D eigenvalue weighted by molar-refractivity contribution is -0.00652. The van der Waals surface area contributed by atoms with E-state index in [9.17, 15) is 8.78 Å². The van der Waals surface area contributed by atoms with Crippen LogP contribution in [-0.2, 0) is 5.92 Å². The van der Waals surface area contributed by atoms with Crippen molar-refractivity contribution in [2.45, 2.75) is 31.7 Å². The molecule has 0 heterocycles. The lowest BCUT2D eigenvalue weighted by Gasteiger charge is -2.22. The average molecular weight is 243 g/mol. The van der Waals surface area contributed by atoms with Gasteiger partial charge in [-0.3, -0.25) is 0 Å². The van der Waals surface area contributed by atoms with E-state index < -0.39 is 12.5 Å². The molecule has 2 N–H and O–H groups in total. The van der Waals surface area contributed by atoms with Gasteiger partial charge in [0, 0.05) is 18.2 Å². The molecule has 96 valence electrons. The highest BCUT2D eigenvalue weighted by Gasteiger charge is 2.31. The van der Waals surface area contributed by atoms with Gasteiger partial charge in [0.05, 0.1) is 6.54 Å². The largest absolute Gasteiger partial charge is 0.396 e. The predicted octanol–water partition coefficient (Wildman–Crippen LogP) is 2.53. The van der Waals surface area contributed by atoms with Gasteiger partial charge >= 0.3 is 0 Å². The molecule has 4 heteroatoms. The smallest absolute Gasteiger partial charge is 0.285 e. The number of halogens is 2. The third-order valence-corrected chi connectivity index (χ3v) is 2.78. The van der Waals surface area contributed by atoms with Gasteiger partial charge in [0.15, 0.2) is 0 Å². The van der Waals surface area contributed by atoms with E-state index in [2.05, 4.69) is 5.32 Å². The number of hydrogen-bond donors (Lipinski definition) is 2. The Balaban J connectivity index is 2.55. The van der Waals surface area contributed by atoms with Gasteiger partial charge in [-0.1, -0.05) is 37.3 Å². The van der Waals surface area contributed by atoms with Gasteiger partial charge < -0.3 is 10.4 Å². The van der Waals surface area contributed by atoms with Crippen LogP contribution in [0.1, 0.15) is 25.3 Å². The van der Waals surface area contributed by atoms with Crippen LogP contribution in [0.2, 0.25) is 0 Å². The van der Waals surface area contributed by atoms with E-state index in [1.807, 2.05) is 6.92 Å². The summed E-state index contributed by atoms with van der Waals surface area (Å²) in [5.41, 5.74) is 0.0198. The average Bonchev–Trinajstić information content (AvgIpc) is 2.35. The molecular formula is C13H19F2NO. The fraction of sp³-hybridized carbons (Fsp3) is 0.538. The highest BCUT2D eigenvalue weighted by molar-refractivity contribution is 5.20. The molecule has 0 radical (unpaired) electrons. The molecule has 0 aromatic heterocycles. The topological polar surface area (TPSA) is 32.3 Å². The first-order valence-electron chi connectivity index (χ1n) is 5.87. The van der Waals surface area contributed by atoms with E-state index in [0.29, 0.717) is 6.42 Å². The van der Waals surface area contributed by atoms with Crippen molar-refractivity contribution >= 4 is 0 Å². The summed E-state index contributed by atoms with van der Waals surface area (Å²) in [6.07, 6.45) is 1.23. The van der Waals surface area contributed by atoms with E-state index in [1.54, 1.807) is 18.2 Å². The van der Waals surface area contributed by atoms with Crippen molar-refractivity contribution in [1.29, 1.82) is 0 Å². The van der Waals surface area contributed by atoms with Crippen LogP contribution in [0, 0.1) is 0 Å². The molecule has 0 aliphatic carbocycles. The Morgan fingerprint density at radius 1 is 1.29 bits per heavy atom. The molecule has 0 aliphatic rings. The van der Waals surface area contributed by atoms with Gasteiger partial charge in [0.25, 0.3) is 5.92 Å². The standard InChI is InChI=1S/C13H19F2NO/c1-2-12(8-9-17)16-10-13(14,15)11-6-4-3-5-7-11/h3-7,12,16-17H,2,8-10H2,1H3. The van der Waals surface area contributed by atoms with Crippen LogP contribution in [0.3, 0.4) is 0 Å². The Hall–Kier alpha value is -1.00. The normalized spacial score (nSPS) is 13.6. The third-order valence-electron chi connectivity index (χ3n) is 2.78. The van der Waals surface area contributed by atoms with E-state index in [-0.39, 0.29) is 18.2 Å². The Morgan fingerprint density at radius 2 is 1.94 bits per heavy atom. The van der Waals surface area contributed by atoms with Gasteiger partial charge in [0.1, 0.15) is 0 Å². The van der Waals surface area contributed by atoms with Crippen molar-refractivity contribution in [2.75, 3.05) is 13.2 Å². The first-order valence-corrected chi connectivity index (χ1v) is 5.87. The maximum absolute atomic E-state index is 13.8. The second kappa shape index (κ2) is 6.67. The summed E-state index contributed by atoms with van der Waals surface area (Å²) in [6.45, 7) is 1.53. The first kappa shape index (κ1) is 14.1. The molecule has 0 saturated carbocycles. The van der Waals surface area contributed by atoms with Crippen LogP contribution in [0.4, 0.5) is 8.78 Å². The molecular weight excluding hydrogens is 224 g/mol. The number of hydrogen-bond acceptors (Lipinski definition) is 2. The highest BCUT2D eigenvalue weighted by atomic mass is 19.3. The van der Waals surface area contributed by atoms with Crippen molar-refractivity contribution < 1.29 is 13.9 Å². The summed E-state index contributed by atoms with van der Waals surface area (Å²) in [4.78, 5) is 0. The molecule has 1 aromatic rings. The zero-order chi connectivity index (χ0) is 12.7. The van der Waals surface area contributed by atoms with Gasteiger partial charge in [-0.05, 0) is 12.8 Å². The molecule has 0 spiro atoms. The number of aliphatic hydroxyl groups is 1. The van der Waals surface area contributed by atoms with E-state index in [4.69, 9.17) is 5.11 Å². The molecule has 1 aromatic carbocycles. The highest BCUT2D eigenvalue weighted by Crippen LogP contribution is 2.26. The maximum atomic E-state index is 13.8. The van der Waals surface area contributed by atoms with Crippen molar-refractivity contribution in [3.63, 3.8) is 0 Å². The number of aliphatic hydroxyl groups excluding tert-OH is 1. The molecule has 17 heavy (non-hydrogen) atoms. The molecule has 2 nitrogen and oxygen atoms in total. The SMILES string of the molecule is CCC(CCO)NCC(F)(F)c1ccccc1. The van der Waals surface area contributed by atoms with Crippen molar-refractivity contribution in [2.24, 2.45) is 0 Å². The van der Waals surface area contributed by atoms with Gasteiger partial charge in [-0.2, -0.15) is 8.78 Å². The quantitative estimate of drug-likeness (QED) is 0.771. The first-order chi connectivity index (χ1) is 8.10. The minimum absolute atomic E-state index is 0.0163. The molecule has 1 unspecified atom stereocenters. The summed E-state index contributed by atoms with van der Waals surface area (Å²) in [5, 5.41) is 11.6. The minimum Gasteiger partial charge on any atom is -0.396 e. The molecule has 0 saturated heterocycles. The lowest BCUT2D eigenvalue weighted by atomic mass is 10.1. The molecule has 1 atom stereocenters. The lowest BCUT2D eigenvalue weighted by Crippen LogP contribution is -2.38. The maximum Gasteiger partial charge on any atom is 0.285 e. The summed E-state index contributed by atoms with van der Waals surface area (Å²) in [6, 6.07) is 7.72. The Bertz CT molecular complexity index is 316. The summed E-state index contributed by atoms with van der Waals surface area (Å²) in [5.74, 6) is -2.87. The van der Waals surface area contributed by atoms with E-state index in [0.717, 1.165) is 6.42 Å². The summed E-state index contributed by atoms with van der Waals surface area (Å²) >= 11 is 0. The minimum atomic E-state index is -2.87. The molecule has 0 amide bonds. The van der Waals surface area contributed by atoms with E-state index >= 15 is 0 Å². The Labute approximate surface area is 101 Å². The molecule has 0 aliphatic heterocycles. The van der Waals surface area contributed by atoms with Crippen LogP contribution >= 0.6 is 0 Å². The second-order valence-corrected chi connectivity index (χ2v) is 4.07. The van der Waals surface area contributed by atoms with Crippen molar-refractivity contribution in [3.8, 4) is 0 Å². The van der Waals surface area contributed by atoms with Crippen LogP contribution in [0.15, 0.2) is 30.3 Å². The van der Waals surface area contributed by atoms with Crippen LogP contribution in [-0.4, -0.2) is 24.3 Å². The predicted molar refractivity (Wildman–Crippen MR) is 64.1 cm³/mol. The monoisotopic (exact) mass is 243 g/mol. The zero-order valence-electron chi connectivity index (χ0n) is 10.00. The number of benzene rings is 1. The summed E-state index contributed by atoms with van der Waals surface area (Å²) < 4.78 is 27.5. The number of rotatable bonds is 7.